The highest BCUT2D eigenvalue weighted by Crippen LogP contribution is 2.22. The number of nitrogens with one attached hydrogen (secondary N) is 1. The fourth-order valence-corrected chi connectivity index (χ4v) is 3.66. The minimum absolute atomic E-state index is 0.00380. The second-order valence-corrected chi connectivity index (χ2v) is 8.09. The maximum Gasteiger partial charge on any atom is 0.240 e. The number of halogens is 2. The largest absolute Gasteiger partial charge is 0.311 e. The van der Waals surface area contributed by atoms with E-state index in [1.807, 2.05) is 13.8 Å². The van der Waals surface area contributed by atoms with Gasteiger partial charge in [-0.25, -0.2) is 17.5 Å². The van der Waals surface area contributed by atoms with E-state index in [1.165, 1.54) is 30.0 Å². The molecule has 0 radical (unpaired) electrons. The molecule has 0 unspecified atom stereocenters. The topological polar surface area (TPSA) is 66.5 Å². The van der Waals surface area contributed by atoms with Gasteiger partial charge in [-0.1, -0.05) is 17.7 Å². The second kappa shape index (κ2) is 8.16. The Morgan fingerprint density at radius 2 is 1.85 bits per heavy atom. The third kappa shape index (κ3) is 4.81. The molecule has 8 heteroatoms. The molecule has 2 aromatic rings. The molecule has 0 saturated heterocycles. The molecular formula is C18H20ClFN2O3S. The van der Waals surface area contributed by atoms with Gasteiger partial charge in [0.1, 0.15) is 5.82 Å². The van der Waals surface area contributed by atoms with Crippen LogP contribution in [0.5, 0.6) is 0 Å². The first-order valence-electron chi connectivity index (χ1n) is 7.92. The summed E-state index contributed by atoms with van der Waals surface area (Å²) >= 11 is 5.75. The summed E-state index contributed by atoms with van der Waals surface area (Å²) in [6, 6.07) is 8.78. The summed E-state index contributed by atoms with van der Waals surface area (Å²) < 4.78 is 40.6. The van der Waals surface area contributed by atoms with Crippen LogP contribution in [0, 0.1) is 19.7 Å². The summed E-state index contributed by atoms with van der Waals surface area (Å²) in [7, 11) is -3.69. The number of hydrogen-bond acceptors (Lipinski definition) is 3. The summed E-state index contributed by atoms with van der Waals surface area (Å²) in [5.74, 6) is -0.896. The summed E-state index contributed by atoms with van der Waals surface area (Å²) in [6.07, 6.45) is 0. The Hall–Kier alpha value is -1.96. The monoisotopic (exact) mass is 398 g/mol. The standard InChI is InChI=1S/C18H20ClFN2O3S/c1-12-4-6-16(10-13(12)2)26(24,25)21-8-9-22(14(3)23)15-5-7-18(20)17(19)11-15/h4-7,10-11,21H,8-9H2,1-3H3. The van der Waals surface area contributed by atoms with Crippen LogP contribution >= 0.6 is 11.6 Å². The van der Waals surface area contributed by atoms with E-state index in [1.54, 1.807) is 12.1 Å². The Balaban J connectivity index is 2.10. The molecule has 0 aromatic heterocycles. The molecule has 0 saturated carbocycles. The van der Waals surface area contributed by atoms with Crippen molar-refractivity contribution in [1.29, 1.82) is 0 Å². The quantitative estimate of drug-likeness (QED) is 0.810. The zero-order valence-corrected chi connectivity index (χ0v) is 16.3. The van der Waals surface area contributed by atoms with Gasteiger partial charge >= 0.3 is 0 Å². The highest BCUT2D eigenvalue weighted by atomic mass is 35.5. The molecule has 0 aliphatic heterocycles. The maximum atomic E-state index is 13.3. The van der Waals surface area contributed by atoms with Gasteiger partial charge in [0.25, 0.3) is 0 Å². The first-order valence-corrected chi connectivity index (χ1v) is 9.78. The molecule has 0 aliphatic rings. The number of aryl methyl sites for hydroxylation is 2. The molecule has 1 N–H and O–H groups in total. The lowest BCUT2D eigenvalue weighted by atomic mass is 10.1. The Morgan fingerprint density at radius 1 is 1.15 bits per heavy atom. The summed E-state index contributed by atoms with van der Waals surface area (Å²) in [5, 5.41) is -0.107. The average molecular weight is 399 g/mol. The van der Waals surface area contributed by atoms with Crippen LogP contribution in [0.1, 0.15) is 18.1 Å². The summed E-state index contributed by atoms with van der Waals surface area (Å²) in [5.41, 5.74) is 2.27. The number of nitrogens with zero attached hydrogens (tertiary/aromatic N) is 1. The van der Waals surface area contributed by atoms with Crippen LogP contribution in [0.15, 0.2) is 41.3 Å². The Kier molecular flexibility index (Phi) is 6.39. The van der Waals surface area contributed by atoms with Crippen LogP contribution in [0.25, 0.3) is 0 Å². The van der Waals surface area contributed by atoms with Crippen LogP contribution in [0.3, 0.4) is 0 Å². The van der Waals surface area contributed by atoms with E-state index in [4.69, 9.17) is 11.6 Å². The van der Waals surface area contributed by atoms with Gasteiger partial charge in [0.2, 0.25) is 15.9 Å². The minimum atomic E-state index is -3.69. The zero-order valence-electron chi connectivity index (χ0n) is 14.7. The number of sulfonamides is 1. The van der Waals surface area contributed by atoms with Crippen molar-refractivity contribution in [3.05, 3.63) is 58.4 Å². The molecule has 140 valence electrons. The van der Waals surface area contributed by atoms with Crippen molar-refractivity contribution in [2.45, 2.75) is 25.7 Å². The predicted octanol–water partition coefficient (Wildman–Crippen LogP) is 3.43. The molecule has 0 spiro atoms. The number of amides is 1. The lowest BCUT2D eigenvalue weighted by molar-refractivity contribution is -0.116. The van der Waals surface area contributed by atoms with Gasteiger partial charge in [-0.15, -0.1) is 0 Å². The number of carbonyl (C=O) groups is 1. The molecule has 0 fully saturated rings. The third-order valence-corrected chi connectivity index (χ3v) is 5.76. The maximum absolute atomic E-state index is 13.3. The molecule has 2 rings (SSSR count). The number of anilines is 1. The fraction of sp³-hybridized carbons (Fsp3) is 0.278. The Bertz CT molecular complexity index is 932. The number of rotatable bonds is 6. The van der Waals surface area contributed by atoms with E-state index >= 15 is 0 Å². The average Bonchev–Trinajstić information content (AvgIpc) is 2.56. The molecule has 5 nitrogen and oxygen atoms in total. The SMILES string of the molecule is CC(=O)N(CCNS(=O)(=O)c1ccc(C)c(C)c1)c1ccc(F)c(Cl)c1. The first-order chi connectivity index (χ1) is 12.1. The Labute approximate surface area is 157 Å². The first kappa shape index (κ1) is 20.4. The van der Waals surface area contributed by atoms with E-state index in [9.17, 15) is 17.6 Å². The van der Waals surface area contributed by atoms with E-state index in [0.29, 0.717) is 5.69 Å². The van der Waals surface area contributed by atoms with Crippen LogP contribution in [0.2, 0.25) is 5.02 Å². The summed E-state index contributed by atoms with van der Waals surface area (Å²) in [6.45, 7) is 5.17. The molecule has 26 heavy (non-hydrogen) atoms. The van der Waals surface area contributed by atoms with Crippen LogP contribution in [-0.4, -0.2) is 27.4 Å². The van der Waals surface area contributed by atoms with Crippen LogP contribution in [0.4, 0.5) is 10.1 Å². The van der Waals surface area contributed by atoms with E-state index < -0.39 is 15.8 Å². The highest BCUT2D eigenvalue weighted by Gasteiger charge is 2.17. The second-order valence-electron chi connectivity index (χ2n) is 5.91. The van der Waals surface area contributed by atoms with Crippen LogP contribution < -0.4 is 9.62 Å². The molecule has 2 aromatic carbocycles. The third-order valence-electron chi connectivity index (χ3n) is 4.01. The highest BCUT2D eigenvalue weighted by molar-refractivity contribution is 7.89. The molecule has 0 heterocycles. The molecule has 0 atom stereocenters. The molecule has 1 amide bonds. The van der Waals surface area contributed by atoms with Crippen molar-refractivity contribution in [1.82, 2.24) is 4.72 Å². The van der Waals surface area contributed by atoms with E-state index in [-0.39, 0.29) is 28.9 Å². The lowest BCUT2D eigenvalue weighted by Gasteiger charge is -2.21. The molecule has 0 aliphatic carbocycles. The fourth-order valence-electron chi connectivity index (χ4n) is 2.38. The van der Waals surface area contributed by atoms with Crippen molar-refractivity contribution in [3.63, 3.8) is 0 Å². The van der Waals surface area contributed by atoms with Gasteiger partial charge in [0.15, 0.2) is 0 Å². The lowest BCUT2D eigenvalue weighted by Crippen LogP contribution is -2.37. The van der Waals surface area contributed by atoms with Gasteiger partial charge in [0.05, 0.1) is 9.92 Å². The Morgan fingerprint density at radius 3 is 2.42 bits per heavy atom. The van der Waals surface area contributed by atoms with Crippen molar-refractivity contribution in [2.75, 3.05) is 18.0 Å². The van der Waals surface area contributed by atoms with Crippen molar-refractivity contribution < 1.29 is 17.6 Å². The van der Waals surface area contributed by atoms with Crippen molar-refractivity contribution in [3.8, 4) is 0 Å². The number of carbonyl (C=O) groups excluding carboxylic acids is 1. The van der Waals surface area contributed by atoms with Crippen LogP contribution in [-0.2, 0) is 14.8 Å². The number of benzene rings is 2. The normalized spacial score (nSPS) is 11.4. The van der Waals surface area contributed by atoms with Gasteiger partial charge in [0, 0.05) is 25.7 Å². The van der Waals surface area contributed by atoms with Gasteiger partial charge in [-0.2, -0.15) is 0 Å². The van der Waals surface area contributed by atoms with E-state index in [0.717, 1.165) is 17.2 Å². The van der Waals surface area contributed by atoms with Gasteiger partial charge in [-0.05, 0) is 55.3 Å². The van der Waals surface area contributed by atoms with E-state index in [2.05, 4.69) is 4.72 Å². The van der Waals surface area contributed by atoms with Gasteiger partial charge < -0.3 is 4.90 Å². The smallest absolute Gasteiger partial charge is 0.240 e. The summed E-state index contributed by atoms with van der Waals surface area (Å²) in [4.78, 5) is 13.4. The van der Waals surface area contributed by atoms with Crippen molar-refractivity contribution >= 4 is 33.2 Å². The van der Waals surface area contributed by atoms with Gasteiger partial charge in [-0.3, -0.25) is 4.79 Å². The predicted molar refractivity (Wildman–Crippen MR) is 101 cm³/mol. The molecule has 0 bridgehead atoms. The molecular weight excluding hydrogens is 379 g/mol. The number of hydrogen-bond donors (Lipinski definition) is 1. The minimum Gasteiger partial charge on any atom is -0.311 e. The zero-order chi connectivity index (χ0) is 19.5. The van der Waals surface area contributed by atoms with Crippen molar-refractivity contribution in [2.24, 2.45) is 0 Å².